The van der Waals surface area contributed by atoms with E-state index in [-0.39, 0.29) is 35.0 Å². The fraction of sp³-hybridized carbons (Fsp3) is 0.594. The van der Waals surface area contributed by atoms with Crippen molar-refractivity contribution in [3.05, 3.63) is 58.1 Å². The summed E-state index contributed by atoms with van der Waals surface area (Å²) in [6.07, 6.45) is 2.23. The van der Waals surface area contributed by atoms with Crippen molar-refractivity contribution in [1.29, 1.82) is 0 Å². The molecule has 0 bridgehead atoms. The Balaban J connectivity index is 0.00000199. The Labute approximate surface area is 216 Å². The first-order valence-corrected chi connectivity index (χ1v) is 12.8. The first-order chi connectivity index (χ1) is 15.4. The number of anilines is 2. The van der Waals surface area contributed by atoms with Crippen LogP contribution in [0.1, 0.15) is 136 Å². The third kappa shape index (κ3) is 6.29. The molecule has 3 rings (SSSR count). The molecule has 0 aromatic heterocycles. The lowest BCUT2D eigenvalue weighted by Crippen LogP contribution is -2.38. The van der Waals surface area contributed by atoms with Gasteiger partial charge < -0.3 is 11.1 Å². The Morgan fingerprint density at radius 3 is 1.80 bits per heavy atom. The number of hydrogen-bond donors (Lipinski definition) is 2. The van der Waals surface area contributed by atoms with Gasteiger partial charge in [-0.3, -0.25) is 4.79 Å². The van der Waals surface area contributed by atoms with Crippen molar-refractivity contribution >= 4 is 17.3 Å². The topological polar surface area (TPSA) is 55.1 Å². The Morgan fingerprint density at radius 1 is 0.857 bits per heavy atom. The van der Waals surface area contributed by atoms with Crippen molar-refractivity contribution in [2.45, 2.75) is 125 Å². The molecule has 35 heavy (non-hydrogen) atoms. The highest BCUT2D eigenvalue weighted by atomic mass is 16.1. The van der Waals surface area contributed by atoms with E-state index in [1.54, 1.807) is 24.3 Å². The minimum Gasteiger partial charge on any atom is -0.399 e. The van der Waals surface area contributed by atoms with Crippen LogP contribution in [0.3, 0.4) is 0 Å². The molecule has 0 saturated heterocycles. The minimum absolute atomic E-state index is 0. The second-order valence-electron chi connectivity index (χ2n) is 12.9. The molecule has 0 saturated carbocycles. The molecule has 0 aliphatic heterocycles. The Kier molecular flexibility index (Phi) is 9.11. The van der Waals surface area contributed by atoms with Gasteiger partial charge in [0.1, 0.15) is 0 Å². The molecule has 0 spiro atoms. The van der Waals surface area contributed by atoms with E-state index in [1.165, 1.54) is 22.3 Å². The smallest absolute Gasteiger partial charge is 0.255 e. The van der Waals surface area contributed by atoms with E-state index in [9.17, 15) is 4.79 Å². The highest BCUT2D eigenvalue weighted by Crippen LogP contribution is 2.53. The van der Waals surface area contributed by atoms with Crippen LogP contribution in [0, 0.1) is 0 Å². The molecular weight excluding hydrogens is 428 g/mol. The zero-order valence-corrected chi connectivity index (χ0v) is 23.8. The molecule has 196 valence electrons. The van der Waals surface area contributed by atoms with Crippen molar-refractivity contribution in [1.82, 2.24) is 0 Å². The zero-order valence-electron chi connectivity index (χ0n) is 23.8. The van der Waals surface area contributed by atoms with Gasteiger partial charge >= 0.3 is 0 Å². The first-order valence-electron chi connectivity index (χ1n) is 12.8. The summed E-state index contributed by atoms with van der Waals surface area (Å²) in [7, 11) is 0. The minimum atomic E-state index is -0.126. The van der Waals surface area contributed by atoms with Crippen molar-refractivity contribution in [2.75, 3.05) is 11.1 Å². The number of carbonyl (C=O) groups excluding carboxylic acids is 1. The van der Waals surface area contributed by atoms with Gasteiger partial charge in [-0.1, -0.05) is 96.6 Å². The predicted molar refractivity (Wildman–Crippen MR) is 156 cm³/mol. The SMILES string of the molecule is C.CC.CC(C)(C)c1cc2c(c(NC(=O)c3ccc(N)cc3)c1C(C)(C)C)C(C)(C)CCC2(C)C. The number of fused-ring (bicyclic) bond motifs is 1. The first kappa shape index (κ1) is 30.7. The van der Waals surface area contributed by atoms with Gasteiger partial charge in [-0.2, -0.15) is 0 Å². The van der Waals surface area contributed by atoms with Gasteiger partial charge in [-0.15, -0.1) is 0 Å². The fourth-order valence-corrected chi connectivity index (χ4v) is 5.12. The number of nitrogens with two attached hydrogens (primary N) is 1. The molecule has 0 fully saturated rings. The summed E-state index contributed by atoms with van der Waals surface area (Å²) in [6, 6.07) is 9.63. The molecule has 3 heteroatoms. The lowest BCUT2D eigenvalue weighted by molar-refractivity contribution is 0.102. The molecule has 0 unspecified atom stereocenters. The van der Waals surface area contributed by atoms with Gasteiger partial charge in [-0.25, -0.2) is 0 Å². The van der Waals surface area contributed by atoms with E-state index in [2.05, 4.69) is 80.6 Å². The number of hydrogen-bond acceptors (Lipinski definition) is 2. The monoisotopic (exact) mass is 480 g/mol. The quantitative estimate of drug-likeness (QED) is 0.421. The van der Waals surface area contributed by atoms with Crippen molar-refractivity contribution in [3.8, 4) is 0 Å². The lowest BCUT2D eigenvalue weighted by Gasteiger charge is -2.46. The number of nitrogens with one attached hydrogen (secondary N) is 1. The van der Waals surface area contributed by atoms with Crippen LogP contribution >= 0.6 is 0 Å². The highest BCUT2D eigenvalue weighted by molar-refractivity contribution is 6.05. The van der Waals surface area contributed by atoms with Gasteiger partial charge in [0.25, 0.3) is 5.91 Å². The van der Waals surface area contributed by atoms with Crippen LogP contribution in [-0.4, -0.2) is 5.91 Å². The third-order valence-electron chi connectivity index (χ3n) is 7.08. The third-order valence-corrected chi connectivity index (χ3v) is 7.08. The molecule has 0 heterocycles. The van der Waals surface area contributed by atoms with Crippen LogP contribution in [0.2, 0.25) is 0 Å². The standard InChI is InChI=1S/C29H42N2O.C2H6.CH4/c1-26(2,3)20-17-21-23(29(9,10)16-15-28(21,7)8)24(22(20)27(4,5)6)31-25(32)18-11-13-19(30)14-12-18;1-2;/h11-14,17H,15-16,30H2,1-10H3,(H,31,32);1-2H3;1H4. The normalized spacial score (nSPS) is 16.2. The van der Waals surface area contributed by atoms with Gasteiger partial charge in [0.2, 0.25) is 0 Å². The van der Waals surface area contributed by atoms with Crippen LogP contribution in [-0.2, 0) is 21.7 Å². The summed E-state index contributed by atoms with van der Waals surface area (Å²) in [6.45, 7) is 26.9. The number of nitrogen functional groups attached to an aromatic ring is 1. The summed E-state index contributed by atoms with van der Waals surface area (Å²) < 4.78 is 0. The largest absolute Gasteiger partial charge is 0.399 e. The fourth-order valence-electron chi connectivity index (χ4n) is 5.12. The highest BCUT2D eigenvalue weighted by Gasteiger charge is 2.43. The Bertz CT molecular complexity index is 1010. The number of rotatable bonds is 2. The number of carbonyl (C=O) groups is 1. The summed E-state index contributed by atoms with van der Waals surface area (Å²) in [4.78, 5) is 13.5. The van der Waals surface area contributed by atoms with E-state index >= 15 is 0 Å². The molecule has 3 nitrogen and oxygen atoms in total. The molecular formula is C32H52N2O. The molecule has 0 radical (unpaired) electrons. The van der Waals surface area contributed by atoms with Crippen LogP contribution < -0.4 is 11.1 Å². The summed E-state index contributed by atoms with van der Waals surface area (Å²) in [5, 5.41) is 3.41. The Hall–Kier alpha value is -2.29. The van der Waals surface area contributed by atoms with Crippen LogP contribution in [0.4, 0.5) is 11.4 Å². The lowest BCUT2D eigenvalue weighted by atomic mass is 9.59. The number of amides is 1. The van der Waals surface area contributed by atoms with E-state index in [1.807, 2.05) is 13.8 Å². The van der Waals surface area contributed by atoms with E-state index < -0.39 is 0 Å². The molecule has 2 aromatic carbocycles. The van der Waals surface area contributed by atoms with Crippen molar-refractivity contribution < 1.29 is 4.79 Å². The maximum Gasteiger partial charge on any atom is 0.255 e. The summed E-state index contributed by atoms with van der Waals surface area (Å²) in [5.41, 5.74) is 13.3. The molecule has 1 aliphatic rings. The molecule has 0 atom stereocenters. The maximum atomic E-state index is 13.5. The van der Waals surface area contributed by atoms with Crippen LogP contribution in [0.25, 0.3) is 0 Å². The average Bonchev–Trinajstić information content (AvgIpc) is 2.71. The van der Waals surface area contributed by atoms with Crippen molar-refractivity contribution in [2.24, 2.45) is 0 Å². The molecule has 3 N–H and O–H groups in total. The molecule has 2 aromatic rings. The predicted octanol–water partition coefficient (Wildman–Crippen LogP) is 9.13. The van der Waals surface area contributed by atoms with Gasteiger partial charge in [-0.05, 0) is 81.0 Å². The zero-order chi connectivity index (χ0) is 26.3. The van der Waals surface area contributed by atoms with Gasteiger partial charge in [0.05, 0.1) is 0 Å². The van der Waals surface area contributed by atoms with Gasteiger partial charge in [0, 0.05) is 16.9 Å². The summed E-state index contributed by atoms with van der Waals surface area (Å²) >= 11 is 0. The molecule has 1 aliphatic carbocycles. The van der Waals surface area contributed by atoms with Crippen LogP contribution in [0.15, 0.2) is 30.3 Å². The van der Waals surface area contributed by atoms with E-state index in [4.69, 9.17) is 5.73 Å². The second-order valence-corrected chi connectivity index (χ2v) is 12.9. The summed E-state index contributed by atoms with van der Waals surface area (Å²) in [5.74, 6) is -0.0806. The second kappa shape index (κ2) is 10.4. The van der Waals surface area contributed by atoms with E-state index in [0.717, 1.165) is 18.5 Å². The molecule has 1 amide bonds. The number of benzene rings is 2. The Morgan fingerprint density at radius 2 is 1.34 bits per heavy atom. The van der Waals surface area contributed by atoms with Gasteiger partial charge in [0.15, 0.2) is 0 Å². The van der Waals surface area contributed by atoms with E-state index in [0.29, 0.717) is 11.3 Å². The average molecular weight is 481 g/mol. The van der Waals surface area contributed by atoms with Crippen molar-refractivity contribution in [3.63, 3.8) is 0 Å². The van der Waals surface area contributed by atoms with Crippen LogP contribution in [0.5, 0.6) is 0 Å². The maximum absolute atomic E-state index is 13.5.